The van der Waals surface area contributed by atoms with E-state index >= 15 is 0 Å². The van der Waals surface area contributed by atoms with E-state index in [9.17, 15) is 13.6 Å². The van der Waals surface area contributed by atoms with Crippen molar-refractivity contribution in [1.29, 1.82) is 0 Å². The summed E-state index contributed by atoms with van der Waals surface area (Å²) in [5.74, 6) is -2.77. The van der Waals surface area contributed by atoms with Gasteiger partial charge in [0.1, 0.15) is 0 Å². The Balaban J connectivity index is 2.29. The molecule has 1 unspecified atom stereocenters. The van der Waals surface area contributed by atoms with Crippen LogP contribution in [0.2, 0.25) is 0 Å². The van der Waals surface area contributed by atoms with Crippen molar-refractivity contribution in [3.05, 3.63) is 29.3 Å². The quantitative estimate of drug-likeness (QED) is 0.846. The maximum absolute atomic E-state index is 14.0. The Kier molecular flexibility index (Phi) is 3.99. The van der Waals surface area contributed by atoms with E-state index in [0.717, 1.165) is 13.5 Å². The maximum atomic E-state index is 14.0. The van der Waals surface area contributed by atoms with Crippen molar-refractivity contribution in [1.82, 2.24) is 0 Å². The largest absolute Gasteiger partial charge is 0.465 e. The Labute approximate surface area is 110 Å². The average molecular weight is 270 g/mol. The molecule has 2 rings (SSSR count). The molecule has 4 nitrogen and oxygen atoms in total. The van der Waals surface area contributed by atoms with Gasteiger partial charge in [-0.2, -0.15) is 0 Å². The van der Waals surface area contributed by atoms with Gasteiger partial charge in [-0.3, -0.25) is 0 Å². The molecule has 0 aliphatic carbocycles. The first kappa shape index (κ1) is 13.7. The molecule has 0 radical (unpaired) electrons. The highest BCUT2D eigenvalue weighted by Gasteiger charge is 2.26. The van der Waals surface area contributed by atoms with Crippen LogP contribution in [0.25, 0.3) is 0 Å². The second-order valence-corrected chi connectivity index (χ2v) is 4.59. The summed E-state index contributed by atoms with van der Waals surface area (Å²) in [6, 6.07) is 2.65. The number of methoxy groups -OCH3 is 1. The zero-order chi connectivity index (χ0) is 14.0. The number of hydrogen-bond acceptors (Lipinski definition) is 4. The first-order valence-electron chi connectivity index (χ1n) is 6.09. The summed E-state index contributed by atoms with van der Waals surface area (Å²) < 4.78 is 32.2. The van der Waals surface area contributed by atoms with Gasteiger partial charge in [-0.05, 0) is 31.0 Å². The van der Waals surface area contributed by atoms with Gasteiger partial charge in [0.15, 0.2) is 11.6 Å². The van der Waals surface area contributed by atoms with E-state index in [1.54, 1.807) is 4.90 Å². The van der Waals surface area contributed by atoms with Crippen molar-refractivity contribution in [3.63, 3.8) is 0 Å². The van der Waals surface area contributed by atoms with Gasteiger partial charge in [0, 0.05) is 13.1 Å². The van der Waals surface area contributed by atoms with E-state index in [-0.39, 0.29) is 5.69 Å². The second-order valence-electron chi connectivity index (χ2n) is 4.59. The van der Waals surface area contributed by atoms with Crippen molar-refractivity contribution in [3.8, 4) is 0 Å². The van der Waals surface area contributed by atoms with Crippen molar-refractivity contribution in [2.45, 2.75) is 6.42 Å². The lowest BCUT2D eigenvalue weighted by atomic mass is 10.1. The fraction of sp³-hybridized carbons (Fsp3) is 0.462. The smallest absolute Gasteiger partial charge is 0.340 e. The van der Waals surface area contributed by atoms with E-state index in [2.05, 4.69) is 4.74 Å². The zero-order valence-corrected chi connectivity index (χ0v) is 10.7. The molecule has 1 heterocycles. The number of ether oxygens (including phenoxy) is 1. The normalized spacial score (nSPS) is 18.7. The van der Waals surface area contributed by atoms with Crippen LogP contribution in [0.15, 0.2) is 12.1 Å². The fourth-order valence-electron chi connectivity index (χ4n) is 2.29. The van der Waals surface area contributed by atoms with Crippen LogP contribution in [0.4, 0.5) is 14.5 Å². The summed E-state index contributed by atoms with van der Waals surface area (Å²) >= 11 is 0. The highest BCUT2D eigenvalue weighted by Crippen LogP contribution is 2.29. The number of rotatable bonds is 3. The van der Waals surface area contributed by atoms with Crippen LogP contribution in [0.3, 0.4) is 0 Å². The van der Waals surface area contributed by atoms with Crippen LogP contribution in [0.1, 0.15) is 16.8 Å². The molecule has 104 valence electrons. The topological polar surface area (TPSA) is 55.6 Å². The highest BCUT2D eigenvalue weighted by molar-refractivity contribution is 5.90. The summed E-state index contributed by atoms with van der Waals surface area (Å²) in [5.41, 5.74) is 5.35. The maximum Gasteiger partial charge on any atom is 0.340 e. The molecule has 19 heavy (non-hydrogen) atoms. The number of carbonyl (C=O) groups excluding carboxylic acids is 1. The Hall–Kier alpha value is -1.69. The lowest BCUT2D eigenvalue weighted by Crippen LogP contribution is -2.24. The molecule has 1 atom stereocenters. The van der Waals surface area contributed by atoms with Crippen LogP contribution in [-0.4, -0.2) is 32.7 Å². The van der Waals surface area contributed by atoms with Gasteiger partial charge < -0.3 is 15.4 Å². The van der Waals surface area contributed by atoms with Crippen molar-refractivity contribution >= 4 is 11.7 Å². The van der Waals surface area contributed by atoms with Crippen LogP contribution < -0.4 is 10.6 Å². The second kappa shape index (κ2) is 5.52. The van der Waals surface area contributed by atoms with Crippen LogP contribution >= 0.6 is 0 Å². The predicted octanol–water partition coefficient (Wildman–Crippen LogP) is 1.54. The van der Waals surface area contributed by atoms with Gasteiger partial charge in [0.2, 0.25) is 0 Å². The number of carbonyl (C=O) groups is 1. The number of hydrogen-bond donors (Lipinski definition) is 1. The molecular formula is C13H16F2N2O2. The Bertz CT molecular complexity index is 494. The molecule has 0 saturated carbocycles. The molecular weight excluding hydrogens is 254 g/mol. The lowest BCUT2D eigenvalue weighted by Gasteiger charge is -2.20. The molecule has 1 saturated heterocycles. The van der Waals surface area contributed by atoms with Gasteiger partial charge in [0.25, 0.3) is 0 Å². The number of anilines is 1. The molecule has 1 aromatic carbocycles. The Morgan fingerprint density at radius 1 is 1.47 bits per heavy atom. The number of benzene rings is 1. The van der Waals surface area contributed by atoms with Crippen molar-refractivity contribution in [2.24, 2.45) is 11.7 Å². The first-order valence-corrected chi connectivity index (χ1v) is 6.09. The van der Waals surface area contributed by atoms with Gasteiger partial charge in [-0.1, -0.05) is 0 Å². The number of halogens is 2. The van der Waals surface area contributed by atoms with E-state index in [1.807, 2.05) is 0 Å². The summed E-state index contributed by atoms with van der Waals surface area (Å²) in [5, 5.41) is 0. The number of esters is 1. The summed E-state index contributed by atoms with van der Waals surface area (Å²) in [4.78, 5) is 13.0. The van der Waals surface area contributed by atoms with Crippen LogP contribution in [0, 0.1) is 17.6 Å². The fourth-order valence-corrected chi connectivity index (χ4v) is 2.29. The zero-order valence-electron chi connectivity index (χ0n) is 10.7. The third kappa shape index (κ3) is 2.53. The minimum absolute atomic E-state index is 0.168. The van der Waals surface area contributed by atoms with Crippen LogP contribution in [0.5, 0.6) is 0 Å². The molecule has 0 amide bonds. The van der Waals surface area contributed by atoms with E-state index in [0.29, 0.717) is 25.6 Å². The van der Waals surface area contributed by atoms with E-state index in [4.69, 9.17) is 5.73 Å². The monoisotopic (exact) mass is 270 g/mol. The van der Waals surface area contributed by atoms with Gasteiger partial charge in [-0.25, -0.2) is 13.6 Å². The standard InChI is InChI=1S/C13H16F2N2O2/c1-19-13(18)9-2-3-10(12(15)11(9)14)17-5-4-8(6-16)7-17/h2-3,8H,4-7,16H2,1H3. The minimum atomic E-state index is -1.17. The van der Waals surface area contributed by atoms with E-state index < -0.39 is 23.2 Å². The Morgan fingerprint density at radius 3 is 2.79 bits per heavy atom. The molecule has 0 spiro atoms. The minimum Gasteiger partial charge on any atom is -0.465 e. The lowest BCUT2D eigenvalue weighted by molar-refractivity contribution is 0.0594. The third-order valence-corrected chi connectivity index (χ3v) is 3.43. The van der Waals surface area contributed by atoms with E-state index in [1.165, 1.54) is 12.1 Å². The molecule has 1 aliphatic rings. The highest BCUT2D eigenvalue weighted by atomic mass is 19.2. The Morgan fingerprint density at radius 2 is 2.21 bits per heavy atom. The molecule has 1 aliphatic heterocycles. The summed E-state index contributed by atoms with van der Waals surface area (Å²) in [6.07, 6.45) is 0.857. The predicted molar refractivity (Wildman–Crippen MR) is 67.1 cm³/mol. The number of nitrogens with two attached hydrogens (primary N) is 1. The third-order valence-electron chi connectivity index (χ3n) is 3.43. The van der Waals surface area contributed by atoms with Gasteiger partial charge >= 0.3 is 5.97 Å². The van der Waals surface area contributed by atoms with Crippen molar-refractivity contribution < 1.29 is 18.3 Å². The summed E-state index contributed by atoms with van der Waals surface area (Å²) in [6.45, 7) is 1.76. The molecule has 0 bridgehead atoms. The molecule has 0 aromatic heterocycles. The SMILES string of the molecule is COC(=O)c1ccc(N2CCC(CN)C2)c(F)c1F. The average Bonchev–Trinajstić information content (AvgIpc) is 2.89. The van der Waals surface area contributed by atoms with Crippen LogP contribution in [-0.2, 0) is 4.74 Å². The molecule has 1 aromatic rings. The van der Waals surface area contributed by atoms with Crippen molar-refractivity contribution in [2.75, 3.05) is 31.6 Å². The molecule has 2 N–H and O–H groups in total. The molecule has 1 fully saturated rings. The number of nitrogens with zero attached hydrogens (tertiary/aromatic N) is 1. The first-order chi connectivity index (χ1) is 9.08. The molecule has 6 heteroatoms. The summed E-state index contributed by atoms with van der Waals surface area (Å²) in [7, 11) is 1.12. The van der Waals surface area contributed by atoms with Gasteiger partial charge in [-0.15, -0.1) is 0 Å². The van der Waals surface area contributed by atoms with Gasteiger partial charge in [0.05, 0.1) is 18.4 Å².